The number of piperidine rings is 1. The van der Waals surface area contributed by atoms with E-state index in [4.69, 9.17) is 4.74 Å². The summed E-state index contributed by atoms with van der Waals surface area (Å²) in [5.74, 6) is 0.641. The predicted octanol–water partition coefficient (Wildman–Crippen LogP) is 3.29. The quantitative estimate of drug-likeness (QED) is 0.703. The highest BCUT2D eigenvalue weighted by atomic mass is 16.5. The van der Waals surface area contributed by atoms with Gasteiger partial charge in [-0.3, -0.25) is 4.90 Å². The molecule has 3 unspecified atom stereocenters. The first-order valence-corrected chi connectivity index (χ1v) is 8.57. The van der Waals surface area contributed by atoms with E-state index in [-0.39, 0.29) is 5.54 Å². The van der Waals surface area contributed by atoms with Crippen molar-refractivity contribution < 1.29 is 4.74 Å². The van der Waals surface area contributed by atoms with Crippen molar-refractivity contribution >= 4 is 0 Å². The van der Waals surface area contributed by atoms with Gasteiger partial charge in [0.15, 0.2) is 0 Å². The van der Waals surface area contributed by atoms with E-state index >= 15 is 0 Å². The minimum Gasteiger partial charge on any atom is -0.385 e. The Morgan fingerprint density at radius 2 is 1.85 bits per heavy atom. The van der Waals surface area contributed by atoms with Crippen LogP contribution in [0.15, 0.2) is 0 Å². The van der Waals surface area contributed by atoms with Gasteiger partial charge in [-0.15, -0.1) is 0 Å². The van der Waals surface area contributed by atoms with E-state index in [0.717, 1.165) is 19.6 Å². The molecule has 3 nitrogen and oxygen atoms in total. The van der Waals surface area contributed by atoms with Crippen LogP contribution in [0.4, 0.5) is 0 Å². The van der Waals surface area contributed by atoms with Crippen molar-refractivity contribution in [2.75, 3.05) is 33.4 Å². The van der Waals surface area contributed by atoms with Crippen LogP contribution in [0.3, 0.4) is 0 Å². The molecule has 0 aromatic rings. The minimum absolute atomic E-state index is 0.267. The number of methoxy groups -OCH3 is 1. The third-order valence-corrected chi connectivity index (χ3v) is 5.23. The normalized spacial score (nSPS) is 23.2. The number of rotatable bonds is 9. The van der Waals surface area contributed by atoms with Gasteiger partial charge in [-0.1, -0.05) is 27.2 Å². The summed E-state index contributed by atoms with van der Waals surface area (Å²) in [6, 6.07) is 0.547. The number of ether oxygens (including phenoxy) is 1. The Balaban J connectivity index is 2.81. The van der Waals surface area contributed by atoms with Gasteiger partial charge in [0.2, 0.25) is 0 Å². The minimum atomic E-state index is 0.267. The molecule has 0 aliphatic carbocycles. The summed E-state index contributed by atoms with van der Waals surface area (Å²) in [4.78, 5) is 2.74. The summed E-state index contributed by atoms with van der Waals surface area (Å²) in [6.07, 6.45) is 6.47. The summed E-state index contributed by atoms with van der Waals surface area (Å²) in [7, 11) is 1.80. The van der Waals surface area contributed by atoms with E-state index in [0.29, 0.717) is 12.0 Å². The molecule has 1 aliphatic rings. The van der Waals surface area contributed by atoms with E-state index < -0.39 is 0 Å². The molecule has 0 saturated carbocycles. The van der Waals surface area contributed by atoms with Crippen molar-refractivity contribution in [3.63, 3.8) is 0 Å². The van der Waals surface area contributed by atoms with Crippen molar-refractivity contribution in [2.24, 2.45) is 5.92 Å². The van der Waals surface area contributed by atoms with E-state index in [1.54, 1.807) is 7.11 Å². The molecule has 0 aromatic heterocycles. The van der Waals surface area contributed by atoms with Crippen LogP contribution in [0.25, 0.3) is 0 Å². The van der Waals surface area contributed by atoms with Crippen LogP contribution >= 0.6 is 0 Å². The van der Waals surface area contributed by atoms with Crippen molar-refractivity contribution in [1.29, 1.82) is 0 Å². The Morgan fingerprint density at radius 3 is 2.35 bits per heavy atom. The number of likely N-dealkylation sites (tertiary alicyclic amines) is 1. The fourth-order valence-electron chi connectivity index (χ4n) is 3.77. The van der Waals surface area contributed by atoms with Crippen molar-refractivity contribution in [3.05, 3.63) is 0 Å². The highest BCUT2D eigenvalue weighted by Crippen LogP contribution is 2.32. The molecule has 1 fully saturated rings. The summed E-state index contributed by atoms with van der Waals surface area (Å²) >= 11 is 0. The van der Waals surface area contributed by atoms with Crippen molar-refractivity contribution in [1.82, 2.24) is 10.2 Å². The number of hydrogen-bond acceptors (Lipinski definition) is 3. The van der Waals surface area contributed by atoms with E-state index in [1.807, 2.05) is 0 Å². The largest absolute Gasteiger partial charge is 0.385 e. The Hall–Kier alpha value is -0.120. The second kappa shape index (κ2) is 9.01. The average Bonchev–Trinajstić information content (AvgIpc) is 2.50. The van der Waals surface area contributed by atoms with Crippen LogP contribution < -0.4 is 5.32 Å². The average molecular weight is 284 g/mol. The van der Waals surface area contributed by atoms with Gasteiger partial charge in [0.25, 0.3) is 0 Å². The second-order valence-corrected chi connectivity index (χ2v) is 6.55. The Morgan fingerprint density at radius 1 is 1.20 bits per heavy atom. The van der Waals surface area contributed by atoms with Crippen LogP contribution in [0.2, 0.25) is 0 Å². The first kappa shape index (κ1) is 17.9. The first-order valence-electron chi connectivity index (χ1n) is 8.57. The zero-order valence-corrected chi connectivity index (χ0v) is 14.4. The zero-order chi connectivity index (χ0) is 15.0. The Labute approximate surface area is 126 Å². The van der Waals surface area contributed by atoms with Crippen LogP contribution in [-0.2, 0) is 4.74 Å². The molecule has 3 heteroatoms. The summed E-state index contributed by atoms with van der Waals surface area (Å²) < 4.78 is 5.29. The molecule has 1 rings (SSSR count). The van der Waals surface area contributed by atoms with E-state index in [2.05, 4.69) is 37.9 Å². The lowest BCUT2D eigenvalue weighted by Crippen LogP contribution is -2.62. The van der Waals surface area contributed by atoms with Gasteiger partial charge >= 0.3 is 0 Å². The number of likely N-dealkylation sites (N-methyl/N-ethyl adjacent to an activating group) is 1. The topological polar surface area (TPSA) is 24.5 Å². The van der Waals surface area contributed by atoms with Crippen LogP contribution in [0.1, 0.15) is 59.8 Å². The highest BCUT2D eigenvalue weighted by molar-refractivity contribution is 4.99. The van der Waals surface area contributed by atoms with Gasteiger partial charge in [0.05, 0.1) is 0 Å². The summed E-state index contributed by atoms with van der Waals surface area (Å²) in [6.45, 7) is 13.9. The van der Waals surface area contributed by atoms with Crippen LogP contribution in [-0.4, -0.2) is 49.8 Å². The lowest BCUT2D eigenvalue weighted by atomic mass is 9.78. The number of nitrogens with one attached hydrogen (secondary N) is 1. The Kier molecular flexibility index (Phi) is 8.08. The smallest absolute Gasteiger partial charge is 0.0465 e. The second-order valence-electron chi connectivity index (χ2n) is 6.55. The van der Waals surface area contributed by atoms with Crippen molar-refractivity contribution in [3.8, 4) is 0 Å². The van der Waals surface area contributed by atoms with Gasteiger partial charge < -0.3 is 10.1 Å². The number of nitrogens with zero attached hydrogens (tertiary/aromatic N) is 1. The molecule has 20 heavy (non-hydrogen) atoms. The monoisotopic (exact) mass is 284 g/mol. The highest BCUT2D eigenvalue weighted by Gasteiger charge is 2.40. The fraction of sp³-hybridized carbons (Fsp3) is 1.00. The predicted molar refractivity (Wildman–Crippen MR) is 87.2 cm³/mol. The van der Waals surface area contributed by atoms with Gasteiger partial charge in [0, 0.05) is 25.3 Å². The van der Waals surface area contributed by atoms with Crippen LogP contribution in [0.5, 0.6) is 0 Å². The van der Waals surface area contributed by atoms with Gasteiger partial charge in [-0.25, -0.2) is 0 Å². The molecule has 1 aliphatic heterocycles. The van der Waals surface area contributed by atoms with Gasteiger partial charge in [-0.05, 0) is 58.2 Å². The lowest BCUT2D eigenvalue weighted by molar-refractivity contribution is 0.0206. The zero-order valence-electron chi connectivity index (χ0n) is 14.4. The van der Waals surface area contributed by atoms with Crippen molar-refractivity contribution in [2.45, 2.75) is 71.4 Å². The molecule has 0 amide bonds. The SMILES string of the molecule is CCNC(C(C)CCOC)C(C)(CC)N1CCCCC1. The molecule has 1 heterocycles. The molecule has 0 bridgehead atoms. The third-order valence-electron chi connectivity index (χ3n) is 5.23. The fourth-order valence-corrected chi connectivity index (χ4v) is 3.77. The lowest BCUT2D eigenvalue weighted by Gasteiger charge is -2.50. The number of hydrogen-bond donors (Lipinski definition) is 1. The maximum absolute atomic E-state index is 5.29. The molecular formula is C17H36N2O. The summed E-state index contributed by atoms with van der Waals surface area (Å²) in [5, 5.41) is 3.78. The van der Waals surface area contributed by atoms with Gasteiger partial charge in [0.1, 0.15) is 0 Å². The molecule has 3 atom stereocenters. The van der Waals surface area contributed by atoms with Gasteiger partial charge in [-0.2, -0.15) is 0 Å². The third kappa shape index (κ3) is 4.44. The van der Waals surface area contributed by atoms with E-state index in [9.17, 15) is 0 Å². The molecule has 120 valence electrons. The summed E-state index contributed by atoms with van der Waals surface area (Å²) in [5.41, 5.74) is 0.267. The first-order chi connectivity index (χ1) is 9.60. The maximum Gasteiger partial charge on any atom is 0.0465 e. The Bertz CT molecular complexity index is 253. The standard InChI is InChI=1S/C17H36N2O/c1-6-17(4,19-12-9-8-10-13-19)16(18-7-2)15(3)11-14-20-5/h15-16,18H,6-14H2,1-5H3. The van der Waals surface area contributed by atoms with Crippen LogP contribution in [0, 0.1) is 5.92 Å². The molecule has 0 radical (unpaired) electrons. The molecule has 0 aromatic carbocycles. The molecule has 1 N–H and O–H groups in total. The molecule has 0 spiro atoms. The molecule has 1 saturated heterocycles. The van der Waals surface area contributed by atoms with E-state index in [1.165, 1.54) is 38.8 Å². The molecular weight excluding hydrogens is 248 g/mol. The maximum atomic E-state index is 5.29.